The number of rotatable bonds is 6. The van der Waals surface area contributed by atoms with E-state index in [-0.39, 0.29) is 0 Å². The zero-order valence-electron chi connectivity index (χ0n) is 13.2. The lowest BCUT2D eigenvalue weighted by Crippen LogP contribution is -2.34. The first-order valence-electron chi connectivity index (χ1n) is 7.88. The van der Waals surface area contributed by atoms with Crippen molar-refractivity contribution in [3.8, 4) is 5.88 Å². The quantitative estimate of drug-likeness (QED) is 0.845. The maximum absolute atomic E-state index is 5.65. The second-order valence-electron chi connectivity index (χ2n) is 5.47. The van der Waals surface area contributed by atoms with E-state index in [2.05, 4.69) is 26.7 Å². The van der Waals surface area contributed by atoms with Gasteiger partial charge in [0.1, 0.15) is 0 Å². The molecule has 0 bridgehead atoms. The van der Waals surface area contributed by atoms with E-state index in [1.807, 2.05) is 13.0 Å². The van der Waals surface area contributed by atoms with E-state index in [0.29, 0.717) is 12.5 Å². The van der Waals surface area contributed by atoms with Crippen LogP contribution in [0.25, 0.3) is 0 Å². The lowest BCUT2D eigenvalue weighted by molar-refractivity contribution is 0.301. The average Bonchev–Trinajstić information content (AvgIpc) is 2.71. The summed E-state index contributed by atoms with van der Waals surface area (Å²) < 4.78 is 5.65. The van der Waals surface area contributed by atoms with Gasteiger partial charge < -0.3 is 20.3 Å². The zero-order chi connectivity index (χ0) is 15.1. The van der Waals surface area contributed by atoms with Crippen LogP contribution in [0.15, 0.2) is 6.07 Å². The summed E-state index contributed by atoms with van der Waals surface area (Å²) in [5, 5.41) is 0. The van der Waals surface area contributed by atoms with Gasteiger partial charge in [0.15, 0.2) is 0 Å². The molecule has 2 rings (SSSR count). The van der Waals surface area contributed by atoms with Crippen molar-refractivity contribution in [3.05, 3.63) is 11.8 Å². The van der Waals surface area contributed by atoms with Gasteiger partial charge in [-0.3, -0.25) is 0 Å². The first-order valence-corrected chi connectivity index (χ1v) is 7.88. The lowest BCUT2D eigenvalue weighted by atomic mass is 10.4. The van der Waals surface area contributed by atoms with Crippen molar-refractivity contribution in [2.24, 2.45) is 5.73 Å². The van der Waals surface area contributed by atoms with Crippen molar-refractivity contribution in [1.82, 2.24) is 14.9 Å². The van der Waals surface area contributed by atoms with Crippen LogP contribution in [0.2, 0.25) is 0 Å². The Hall–Kier alpha value is -1.40. The van der Waals surface area contributed by atoms with E-state index in [9.17, 15) is 0 Å². The fourth-order valence-corrected chi connectivity index (χ4v) is 2.52. The minimum atomic E-state index is 0.683. The van der Waals surface area contributed by atoms with Gasteiger partial charge in [-0.2, -0.15) is 4.98 Å². The molecule has 1 fully saturated rings. The first kappa shape index (κ1) is 16.0. The summed E-state index contributed by atoms with van der Waals surface area (Å²) in [6.07, 6.45) is 2.10. The predicted molar refractivity (Wildman–Crippen MR) is 84.9 cm³/mol. The summed E-state index contributed by atoms with van der Waals surface area (Å²) >= 11 is 0. The molecule has 2 N–H and O–H groups in total. The van der Waals surface area contributed by atoms with Gasteiger partial charge in [-0.05, 0) is 26.3 Å². The number of aryl methyl sites for hydroxylation is 1. The number of anilines is 1. The highest BCUT2D eigenvalue weighted by molar-refractivity contribution is 5.34. The largest absolute Gasteiger partial charge is 0.478 e. The molecule has 0 saturated carbocycles. The van der Waals surface area contributed by atoms with Crippen LogP contribution in [0.4, 0.5) is 5.95 Å². The molecule has 1 aromatic heterocycles. The van der Waals surface area contributed by atoms with Crippen LogP contribution < -0.4 is 15.4 Å². The highest BCUT2D eigenvalue weighted by Gasteiger charge is 2.17. The van der Waals surface area contributed by atoms with Crippen LogP contribution >= 0.6 is 0 Å². The van der Waals surface area contributed by atoms with Crippen molar-refractivity contribution in [2.45, 2.75) is 26.7 Å². The molecule has 0 atom stereocenters. The molecule has 2 heterocycles. The number of ether oxygens (including phenoxy) is 1. The van der Waals surface area contributed by atoms with Gasteiger partial charge in [0, 0.05) is 44.5 Å². The molecular weight excluding hydrogens is 266 g/mol. The fourth-order valence-electron chi connectivity index (χ4n) is 2.52. The minimum absolute atomic E-state index is 0.683. The Morgan fingerprint density at radius 2 is 2.10 bits per heavy atom. The molecular formula is C15H27N5O. The van der Waals surface area contributed by atoms with Gasteiger partial charge in [0.05, 0.1) is 6.61 Å². The van der Waals surface area contributed by atoms with Crippen LogP contribution in [-0.4, -0.2) is 60.7 Å². The van der Waals surface area contributed by atoms with Crippen molar-refractivity contribution in [3.63, 3.8) is 0 Å². The van der Waals surface area contributed by atoms with Gasteiger partial charge in [-0.25, -0.2) is 4.98 Å². The molecule has 1 aromatic rings. The summed E-state index contributed by atoms with van der Waals surface area (Å²) in [7, 11) is 0. The molecule has 0 radical (unpaired) electrons. The third-order valence-electron chi connectivity index (χ3n) is 3.59. The van der Waals surface area contributed by atoms with Crippen LogP contribution in [0.5, 0.6) is 5.88 Å². The molecule has 0 spiro atoms. The first-order chi connectivity index (χ1) is 10.2. The third-order valence-corrected chi connectivity index (χ3v) is 3.59. The molecule has 0 aromatic carbocycles. The second-order valence-corrected chi connectivity index (χ2v) is 5.47. The van der Waals surface area contributed by atoms with Crippen molar-refractivity contribution < 1.29 is 4.74 Å². The minimum Gasteiger partial charge on any atom is -0.478 e. The molecule has 0 amide bonds. The van der Waals surface area contributed by atoms with Crippen molar-refractivity contribution >= 4 is 5.95 Å². The van der Waals surface area contributed by atoms with Gasteiger partial charge in [0.25, 0.3) is 0 Å². The maximum Gasteiger partial charge on any atom is 0.228 e. The molecule has 0 aliphatic carbocycles. The number of aromatic nitrogens is 2. The average molecular weight is 293 g/mol. The molecule has 6 nitrogen and oxygen atoms in total. The Labute approximate surface area is 127 Å². The topological polar surface area (TPSA) is 67.5 Å². The lowest BCUT2D eigenvalue weighted by Gasteiger charge is -2.22. The number of nitrogens with zero attached hydrogens (tertiary/aromatic N) is 4. The highest BCUT2D eigenvalue weighted by atomic mass is 16.5. The van der Waals surface area contributed by atoms with Gasteiger partial charge in [-0.15, -0.1) is 0 Å². The zero-order valence-corrected chi connectivity index (χ0v) is 13.2. The van der Waals surface area contributed by atoms with Crippen LogP contribution in [-0.2, 0) is 0 Å². The molecule has 0 unspecified atom stereocenters. The summed E-state index contributed by atoms with van der Waals surface area (Å²) in [5.74, 6) is 1.47. The Kier molecular flexibility index (Phi) is 6.20. The van der Waals surface area contributed by atoms with E-state index in [1.165, 1.54) is 0 Å². The fraction of sp³-hybridized carbons (Fsp3) is 0.733. The maximum atomic E-state index is 5.65. The van der Waals surface area contributed by atoms with Gasteiger partial charge in [0.2, 0.25) is 11.8 Å². The standard InChI is InChI=1S/C15H27N5O/c1-3-11-21-14-12-13(2)17-15(18-14)20-7-4-6-19(8-5-16)9-10-20/h12H,3-11,16H2,1-2H3. The summed E-state index contributed by atoms with van der Waals surface area (Å²) in [5.41, 5.74) is 6.60. The second kappa shape index (κ2) is 8.14. The molecule has 1 aliphatic heterocycles. The Morgan fingerprint density at radius 1 is 1.24 bits per heavy atom. The molecule has 1 saturated heterocycles. The number of hydrogen-bond acceptors (Lipinski definition) is 6. The normalized spacial score (nSPS) is 16.8. The van der Waals surface area contributed by atoms with E-state index in [1.54, 1.807) is 0 Å². The van der Waals surface area contributed by atoms with Crippen LogP contribution in [0, 0.1) is 6.92 Å². The molecule has 118 valence electrons. The Balaban J connectivity index is 2.04. The smallest absolute Gasteiger partial charge is 0.228 e. The third kappa shape index (κ3) is 4.82. The molecule has 6 heteroatoms. The van der Waals surface area contributed by atoms with E-state index in [0.717, 1.165) is 63.8 Å². The Morgan fingerprint density at radius 3 is 2.86 bits per heavy atom. The van der Waals surface area contributed by atoms with Crippen molar-refractivity contribution in [2.75, 3.05) is 50.8 Å². The van der Waals surface area contributed by atoms with Gasteiger partial charge >= 0.3 is 0 Å². The highest BCUT2D eigenvalue weighted by Crippen LogP contribution is 2.17. The van der Waals surface area contributed by atoms with E-state index < -0.39 is 0 Å². The number of hydrogen-bond donors (Lipinski definition) is 1. The summed E-state index contributed by atoms with van der Waals surface area (Å²) in [4.78, 5) is 13.8. The monoisotopic (exact) mass is 293 g/mol. The number of nitrogens with two attached hydrogens (primary N) is 1. The predicted octanol–water partition coefficient (Wildman–Crippen LogP) is 1.04. The van der Waals surface area contributed by atoms with E-state index >= 15 is 0 Å². The molecule has 21 heavy (non-hydrogen) atoms. The summed E-state index contributed by atoms with van der Waals surface area (Å²) in [6.45, 7) is 10.5. The molecule has 1 aliphatic rings. The van der Waals surface area contributed by atoms with Crippen molar-refractivity contribution in [1.29, 1.82) is 0 Å². The van der Waals surface area contributed by atoms with E-state index in [4.69, 9.17) is 10.5 Å². The SMILES string of the molecule is CCCOc1cc(C)nc(N2CCCN(CCN)CC2)n1. The van der Waals surface area contributed by atoms with Gasteiger partial charge in [-0.1, -0.05) is 6.92 Å². The van der Waals surface area contributed by atoms with Crippen LogP contribution in [0.3, 0.4) is 0 Å². The summed E-state index contributed by atoms with van der Waals surface area (Å²) in [6, 6.07) is 1.90. The Bertz CT molecular complexity index is 440. The van der Waals surface area contributed by atoms with Crippen LogP contribution in [0.1, 0.15) is 25.5 Å².